The molecule has 18 heavy (non-hydrogen) atoms. The minimum atomic E-state index is -1.06. The van der Waals surface area contributed by atoms with E-state index in [0.717, 1.165) is 0 Å². The number of carbonyl (C=O) groups is 2. The molecule has 0 atom stereocenters. The van der Waals surface area contributed by atoms with Crippen molar-refractivity contribution in [2.45, 2.75) is 20.8 Å². The Bertz CT molecular complexity index is 483. The van der Waals surface area contributed by atoms with E-state index in [4.69, 9.17) is 5.11 Å². The number of benzene rings is 1. The summed E-state index contributed by atoms with van der Waals surface area (Å²) in [5, 5.41) is 11.4. The van der Waals surface area contributed by atoms with Gasteiger partial charge in [0.05, 0.1) is 5.41 Å². The SMILES string of the molecule is Cc1c(F)cccc1C(=O)NCC(C)(C)C(=O)O. The molecule has 0 aliphatic rings. The Hall–Kier alpha value is -1.91. The average molecular weight is 253 g/mol. The standard InChI is InChI=1S/C13H16FNO3/c1-8-9(5-4-6-10(8)14)11(16)15-7-13(2,3)12(17)18/h4-6H,7H2,1-3H3,(H,15,16)(H,17,18). The largest absolute Gasteiger partial charge is 0.481 e. The molecule has 5 heteroatoms. The van der Waals surface area contributed by atoms with Crippen LogP contribution in [0.4, 0.5) is 4.39 Å². The topological polar surface area (TPSA) is 66.4 Å². The highest BCUT2D eigenvalue weighted by Crippen LogP contribution is 2.15. The molecule has 1 aromatic carbocycles. The highest BCUT2D eigenvalue weighted by Gasteiger charge is 2.27. The third kappa shape index (κ3) is 3.06. The molecule has 1 amide bonds. The molecule has 98 valence electrons. The summed E-state index contributed by atoms with van der Waals surface area (Å²) in [6, 6.07) is 4.22. The van der Waals surface area contributed by atoms with Crippen molar-refractivity contribution in [3.05, 3.63) is 35.1 Å². The highest BCUT2D eigenvalue weighted by molar-refractivity contribution is 5.95. The maximum absolute atomic E-state index is 13.3. The predicted molar refractivity (Wildman–Crippen MR) is 64.9 cm³/mol. The Morgan fingerprint density at radius 3 is 2.56 bits per heavy atom. The monoisotopic (exact) mass is 253 g/mol. The molecule has 1 aromatic rings. The predicted octanol–water partition coefficient (Wildman–Crippen LogP) is 1.97. The van der Waals surface area contributed by atoms with E-state index in [0.29, 0.717) is 0 Å². The molecule has 0 heterocycles. The van der Waals surface area contributed by atoms with Crippen molar-refractivity contribution in [3.63, 3.8) is 0 Å². The van der Waals surface area contributed by atoms with E-state index in [1.165, 1.54) is 39.0 Å². The molecule has 0 aliphatic carbocycles. The number of rotatable bonds is 4. The molecule has 0 aromatic heterocycles. The van der Waals surface area contributed by atoms with Gasteiger partial charge < -0.3 is 10.4 Å². The lowest BCUT2D eigenvalue weighted by atomic mass is 9.93. The summed E-state index contributed by atoms with van der Waals surface area (Å²) in [5.74, 6) is -1.93. The fraction of sp³-hybridized carbons (Fsp3) is 0.385. The molecule has 2 N–H and O–H groups in total. The van der Waals surface area contributed by atoms with Gasteiger partial charge in [-0.25, -0.2) is 4.39 Å². The lowest BCUT2D eigenvalue weighted by Crippen LogP contribution is -2.39. The first-order chi connectivity index (χ1) is 8.25. The Balaban J connectivity index is 2.78. The van der Waals surface area contributed by atoms with Crippen LogP contribution in [0.1, 0.15) is 29.8 Å². The number of hydrogen-bond acceptors (Lipinski definition) is 2. The van der Waals surface area contributed by atoms with Crippen molar-refractivity contribution in [2.75, 3.05) is 6.54 Å². The van der Waals surface area contributed by atoms with Crippen molar-refractivity contribution >= 4 is 11.9 Å². The zero-order valence-electron chi connectivity index (χ0n) is 10.6. The van der Waals surface area contributed by atoms with Crippen molar-refractivity contribution in [3.8, 4) is 0 Å². The maximum Gasteiger partial charge on any atom is 0.310 e. The van der Waals surface area contributed by atoms with E-state index < -0.39 is 23.1 Å². The van der Waals surface area contributed by atoms with Crippen molar-refractivity contribution in [1.29, 1.82) is 0 Å². The molecule has 0 aliphatic heterocycles. The van der Waals surface area contributed by atoms with E-state index in [9.17, 15) is 14.0 Å². The second-order valence-electron chi connectivity index (χ2n) is 4.78. The van der Waals surface area contributed by atoms with Gasteiger partial charge in [-0.2, -0.15) is 0 Å². The van der Waals surface area contributed by atoms with Gasteiger partial charge in [-0.15, -0.1) is 0 Å². The van der Waals surface area contributed by atoms with E-state index in [2.05, 4.69) is 5.32 Å². The number of carboxylic acids is 1. The maximum atomic E-state index is 13.3. The van der Waals surface area contributed by atoms with Crippen LogP contribution in [0.3, 0.4) is 0 Å². The molecule has 0 fully saturated rings. The molecule has 1 rings (SSSR count). The first kappa shape index (κ1) is 14.2. The van der Waals surface area contributed by atoms with Crippen LogP contribution in [0.2, 0.25) is 0 Å². The molecule has 0 radical (unpaired) electrons. The van der Waals surface area contributed by atoms with E-state index in [1.807, 2.05) is 0 Å². The lowest BCUT2D eigenvalue weighted by Gasteiger charge is -2.19. The van der Waals surface area contributed by atoms with Crippen LogP contribution in [0.15, 0.2) is 18.2 Å². The van der Waals surface area contributed by atoms with Crippen LogP contribution in [0.5, 0.6) is 0 Å². The lowest BCUT2D eigenvalue weighted by molar-refractivity contribution is -0.146. The van der Waals surface area contributed by atoms with Gasteiger partial charge in [-0.3, -0.25) is 9.59 Å². The van der Waals surface area contributed by atoms with Gasteiger partial charge in [0.25, 0.3) is 5.91 Å². The fourth-order valence-corrected chi connectivity index (χ4v) is 1.33. The second-order valence-corrected chi connectivity index (χ2v) is 4.78. The summed E-state index contributed by atoms with van der Waals surface area (Å²) in [6.07, 6.45) is 0. The molecule has 0 spiro atoms. The Morgan fingerprint density at radius 2 is 2.00 bits per heavy atom. The fourth-order valence-electron chi connectivity index (χ4n) is 1.33. The van der Waals surface area contributed by atoms with Gasteiger partial charge in [0.1, 0.15) is 5.82 Å². The summed E-state index contributed by atoms with van der Waals surface area (Å²) >= 11 is 0. The van der Waals surface area contributed by atoms with Crippen molar-refractivity contribution < 1.29 is 19.1 Å². The van der Waals surface area contributed by atoms with Crippen molar-refractivity contribution in [1.82, 2.24) is 5.32 Å². The highest BCUT2D eigenvalue weighted by atomic mass is 19.1. The van der Waals surface area contributed by atoms with Crippen molar-refractivity contribution in [2.24, 2.45) is 5.41 Å². The summed E-state index contributed by atoms with van der Waals surface area (Å²) < 4.78 is 13.3. The van der Waals surface area contributed by atoms with Crippen LogP contribution >= 0.6 is 0 Å². The second kappa shape index (κ2) is 5.16. The molecule has 0 unspecified atom stereocenters. The quantitative estimate of drug-likeness (QED) is 0.862. The molecular formula is C13H16FNO3. The van der Waals surface area contributed by atoms with Gasteiger partial charge in [0.15, 0.2) is 0 Å². The molecule has 0 saturated carbocycles. The van der Waals surface area contributed by atoms with Crippen LogP contribution in [-0.2, 0) is 4.79 Å². The number of amides is 1. The number of halogens is 1. The third-order valence-corrected chi connectivity index (χ3v) is 2.78. The van der Waals surface area contributed by atoms with Gasteiger partial charge in [0.2, 0.25) is 0 Å². The first-order valence-corrected chi connectivity index (χ1v) is 5.52. The average Bonchev–Trinajstić information content (AvgIpc) is 2.29. The van der Waals surface area contributed by atoms with Gasteiger partial charge in [0, 0.05) is 12.1 Å². The van der Waals surface area contributed by atoms with E-state index >= 15 is 0 Å². The van der Waals surface area contributed by atoms with Crippen LogP contribution in [0, 0.1) is 18.2 Å². The summed E-state index contributed by atoms with van der Waals surface area (Å²) in [5.41, 5.74) is -0.587. The zero-order valence-corrected chi connectivity index (χ0v) is 10.6. The molecular weight excluding hydrogens is 237 g/mol. The molecule has 0 bridgehead atoms. The Labute approximate surface area is 105 Å². The number of carboxylic acid groups (broad SMARTS) is 1. The number of aliphatic carboxylic acids is 1. The number of hydrogen-bond donors (Lipinski definition) is 2. The minimum Gasteiger partial charge on any atom is -0.481 e. The Morgan fingerprint density at radius 1 is 1.39 bits per heavy atom. The van der Waals surface area contributed by atoms with Gasteiger partial charge >= 0.3 is 5.97 Å². The summed E-state index contributed by atoms with van der Waals surface area (Å²) in [7, 11) is 0. The van der Waals surface area contributed by atoms with Crippen LogP contribution in [-0.4, -0.2) is 23.5 Å². The van der Waals surface area contributed by atoms with Crippen LogP contribution in [0.25, 0.3) is 0 Å². The molecule has 0 saturated heterocycles. The Kier molecular flexibility index (Phi) is 4.06. The first-order valence-electron chi connectivity index (χ1n) is 5.52. The summed E-state index contributed by atoms with van der Waals surface area (Å²) in [4.78, 5) is 22.7. The van der Waals surface area contributed by atoms with Gasteiger partial charge in [-0.1, -0.05) is 6.07 Å². The normalized spacial score (nSPS) is 11.1. The zero-order chi connectivity index (χ0) is 13.9. The smallest absolute Gasteiger partial charge is 0.310 e. The minimum absolute atomic E-state index is 0.0167. The number of nitrogens with one attached hydrogen (secondary N) is 1. The van der Waals surface area contributed by atoms with Gasteiger partial charge in [-0.05, 0) is 38.5 Å². The van der Waals surface area contributed by atoms with E-state index in [-0.39, 0.29) is 17.7 Å². The van der Waals surface area contributed by atoms with Crippen LogP contribution < -0.4 is 5.32 Å². The third-order valence-electron chi connectivity index (χ3n) is 2.78. The molecule has 4 nitrogen and oxygen atoms in total. The number of carbonyl (C=O) groups excluding carboxylic acids is 1. The summed E-state index contributed by atoms with van der Waals surface area (Å²) in [6.45, 7) is 4.51. The van der Waals surface area contributed by atoms with E-state index in [1.54, 1.807) is 0 Å².